The van der Waals surface area contributed by atoms with Gasteiger partial charge in [0.15, 0.2) is 0 Å². The Balaban J connectivity index is 1.37. The van der Waals surface area contributed by atoms with E-state index in [1.165, 1.54) is 43.8 Å². The summed E-state index contributed by atoms with van der Waals surface area (Å²) in [6, 6.07) is 9.91. The Labute approximate surface area is 168 Å². The van der Waals surface area contributed by atoms with Crippen molar-refractivity contribution in [2.75, 3.05) is 32.7 Å². The van der Waals surface area contributed by atoms with E-state index in [0.717, 1.165) is 24.2 Å². The van der Waals surface area contributed by atoms with Crippen molar-refractivity contribution in [3.8, 4) is 0 Å². The fraction of sp³-hybridized carbons (Fsp3) is 0.591. The number of likely N-dealkylation sites (tertiary alicyclic amines) is 1. The van der Waals surface area contributed by atoms with Crippen LogP contribution in [0, 0.1) is 0 Å². The number of amides is 2. The van der Waals surface area contributed by atoms with Gasteiger partial charge in [-0.1, -0.05) is 43.2 Å². The van der Waals surface area contributed by atoms with E-state index in [9.17, 15) is 9.59 Å². The van der Waals surface area contributed by atoms with Crippen LogP contribution in [0.2, 0.25) is 0 Å². The topological polar surface area (TPSA) is 65.0 Å². The smallest absolute Gasteiger partial charge is 0.243 e. The second kappa shape index (κ2) is 11.0. The molecule has 1 aromatic rings. The minimum atomic E-state index is -0.00861. The van der Waals surface area contributed by atoms with E-state index in [-0.39, 0.29) is 11.8 Å². The summed E-state index contributed by atoms with van der Waals surface area (Å²) in [4.78, 5) is 26.8. The zero-order chi connectivity index (χ0) is 19.6. The second-order valence-corrected chi connectivity index (χ2v) is 7.64. The average molecular weight is 385 g/mol. The molecule has 1 saturated heterocycles. The zero-order valence-electron chi connectivity index (χ0n) is 16.7. The Bertz CT molecular complexity index is 666. The number of carbonyl (C=O) groups excluding carboxylic acids is 2. The molecule has 2 amide bonds. The highest BCUT2D eigenvalue weighted by atomic mass is 16.2. The largest absolute Gasteiger partial charge is 0.356 e. The van der Waals surface area contributed by atoms with Gasteiger partial charge in [-0.2, -0.15) is 5.10 Å². The second-order valence-electron chi connectivity index (χ2n) is 7.64. The van der Waals surface area contributed by atoms with Gasteiger partial charge in [0, 0.05) is 25.8 Å². The van der Waals surface area contributed by atoms with E-state index >= 15 is 0 Å². The number of hydrogen-bond acceptors (Lipinski definition) is 4. The van der Waals surface area contributed by atoms with Gasteiger partial charge in [0.05, 0.1) is 12.3 Å². The third-order valence-corrected chi connectivity index (χ3v) is 5.43. The Morgan fingerprint density at radius 3 is 2.50 bits per heavy atom. The van der Waals surface area contributed by atoms with Crippen LogP contribution in [0.3, 0.4) is 0 Å². The summed E-state index contributed by atoms with van der Waals surface area (Å²) in [6.07, 6.45) is 7.65. The summed E-state index contributed by atoms with van der Waals surface area (Å²) in [6.45, 7) is 4.46. The molecule has 6 nitrogen and oxygen atoms in total. The van der Waals surface area contributed by atoms with E-state index in [1.54, 1.807) is 0 Å². The highest BCUT2D eigenvalue weighted by Crippen LogP contribution is 2.15. The molecule has 0 spiro atoms. The third-order valence-electron chi connectivity index (χ3n) is 5.43. The lowest BCUT2D eigenvalue weighted by Crippen LogP contribution is -2.36. The molecule has 0 aliphatic carbocycles. The van der Waals surface area contributed by atoms with Crippen LogP contribution < -0.4 is 5.32 Å². The van der Waals surface area contributed by atoms with Crippen LogP contribution in [0.4, 0.5) is 0 Å². The number of carbonyl (C=O) groups is 2. The van der Waals surface area contributed by atoms with Gasteiger partial charge in [-0.3, -0.25) is 9.59 Å². The minimum Gasteiger partial charge on any atom is -0.356 e. The van der Waals surface area contributed by atoms with Crippen LogP contribution in [0.5, 0.6) is 0 Å². The van der Waals surface area contributed by atoms with Crippen molar-refractivity contribution in [1.29, 1.82) is 0 Å². The number of benzene rings is 1. The summed E-state index contributed by atoms with van der Waals surface area (Å²) in [5.74, 6) is -0.0145. The maximum absolute atomic E-state index is 12.1. The van der Waals surface area contributed by atoms with E-state index in [2.05, 4.69) is 15.3 Å². The van der Waals surface area contributed by atoms with Gasteiger partial charge in [0.2, 0.25) is 11.8 Å². The van der Waals surface area contributed by atoms with E-state index in [0.29, 0.717) is 32.4 Å². The van der Waals surface area contributed by atoms with Crippen molar-refractivity contribution in [2.45, 2.75) is 51.4 Å². The van der Waals surface area contributed by atoms with Crippen LogP contribution in [0.25, 0.3) is 0 Å². The Morgan fingerprint density at radius 2 is 1.75 bits per heavy atom. The van der Waals surface area contributed by atoms with Gasteiger partial charge in [0.1, 0.15) is 0 Å². The molecule has 2 heterocycles. The number of hydrogen-bond donors (Lipinski definition) is 1. The standard InChI is InChI=1S/C22H32N4O2/c27-21(23-14-8-17-25-15-6-1-2-7-16-25)13-18-26-22(28)12-11-20(24-26)19-9-4-3-5-10-19/h3-5,9-10H,1-2,6-8,11-18H2,(H,23,27). The summed E-state index contributed by atoms with van der Waals surface area (Å²) < 4.78 is 0. The van der Waals surface area contributed by atoms with Gasteiger partial charge in [-0.15, -0.1) is 0 Å². The fourth-order valence-corrected chi connectivity index (χ4v) is 3.80. The molecule has 0 unspecified atom stereocenters. The molecule has 6 heteroatoms. The van der Waals surface area contributed by atoms with Crippen LogP contribution in [0.15, 0.2) is 35.4 Å². The van der Waals surface area contributed by atoms with Crippen LogP contribution in [0.1, 0.15) is 56.9 Å². The molecule has 0 aromatic heterocycles. The predicted octanol–water partition coefficient (Wildman–Crippen LogP) is 2.79. The Morgan fingerprint density at radius 1 is 1.00 bits per heavy atom. The SMILES string of the molecule is O=C(CCN1N=C(c2ccccc2)CCC1=O)NCCCN1CCCCCC1. The molecule has 0 bridgehead atoms. The van der Waals surface area contributed by atoms with Crippen molar-refractivity contribution < 1.29 is 9.59 Å². The van der Waals surface area contributed by atoms with Crippen molar-refractivity contribution in [2.24, 2.45) is 5.10 Å². The molecule has 28 heavy (non-hydrogen) atoms. The lowest BCUT2D eigenvalue weighted by Gasteiger charge is -2.23. The highest BCUT2D eigenvalue weighted by Gasteiger charge is 2.21. The first-order valence-corrected chi connectivity index (χ1v) is 10.6. The Kier molecular flexibility index (Phi) is 8.03. The van der Waals surface area contributed by atoms with Crippen LogP contribution in [-0.4, -0.2) is 60.2 Å². The minimum absolute atomic E-state index is 0.00588. The molecule has 0 atom stereocenters. The highest BCUT2D eigenvalue weighted by molar-refractivity contribution is 6.04. The molecule has 0 saturated carbocycles. The molecule has 1 aromatic carbocycles. The molecule has 1 fully saturated rings. The lowest BCUT2D eigenvalue weighted by molar-refractivity contribution is -0.132. The number of nitrogens with one attached hydrogen (secondary N) is 1. The van der Waals surface area contributed by atoms with Gasteiger partial charge >= 0.3 is 0 Å². The molecule has 2 aliphatic rings. The number of rotatable bonds is 8. The Hall–Kier alpha value is -2.21. The molecular weight excluding hydrogens is 352 g/mol. The monoisotopic (exact) mass is 384 g/mol. The fourth-order valence-electron chi connectivity index (χ4n) is 3.80. The number of hydrazone groups is 1. The van der Waals surface area contributed by atoms with E-state index < -0.39 is 0 Å². The maximum atomic E-state index is 12.1. The molecule has 2 aliphatic heterocycles. The molecule has 0 radical (unpaired) electrons. The lowest BCUT2D eigenvalue weighted by atomic mass is 10.0. The first kappa shape index (κ1) is 20.5. The first-order chi connectivity index (χ1) is 13.7. The summed E-state index contributed by atoms with van der Waals surface area (Å²) >= 11 is 0. The van der Waals surface area contributed by atoms with Crippen LogP contribution >= 0.6 is 0 Å². The molecule has 1 N–H and O–H groups in total. The quantitative estimate of drug-likeness (QED) is 0.701. The molecular formula is C22H32N4O2. The van der Waals surface area contributed by atoms with E-state index in [4.69, 9.17) is 0 Å². The van der Waals surface area contributed by atoms with Crippen molar-refractivity contribution in [1.82, 2.24) is 15.2 Å². The zero-order valence-corrected chi connectivity index (χ0v) is 16.7. The normalized spacial score (nSPS) is 18.5. The van der Waals surface area contributed by atoms with E-state index in [1.807, 2.05) is 30.3 Å². The van der Waals surface area contributed by atoms with Gasteiger partial charge in [-0.05, 0) is 44.5 Å². The predicted molar refractivity (Wildman–Crippen MR) is 111 cm³/mol. The molecule has 152 valence electrons. The summed E-state index contributed by atoms with van der Waals surface area (Å²) in [5, 5.41) is 8.93. The number of nitrogens with zero attached hydrogens (tertiary/aromatic N) is 3. The van der Waals surface area contributed by atoms with Crippen molar-refractivity contribution in [3.63, 3.8) is 0 Å². The van der Waals surface area contributed by atoms with Gasteiger partial charge in [-0.25, -0.2) is 5.01 Å². The van der Waals surface area contributed by atoms with Gasteiger partial charge < -0.3 is 10.2 Å². The average Bonchev–Trinajstić information content (AvgIpc) is 3.00. The maximum Gasteiger partial charge on any atom is 0.243 e. The summed E-state index contributed by atoms with van der Waals surface area (Å²) in [7, 11) is 0. The van der Waals surface area contributed by atoms with Crippen molar-refractivity contribution in [3.05, 3.63) is 35.9 Å². The summed E-state index contributed by atoms with van der Waals surface area (Å²) in [5.41, 5.74) is 1.95. The van der Waals surface area contributed by atoms with Crippen molar-refractivity contribution >= 4 is 17.5 Å². The van der Waals surface area contributed by atoms with Crippen LogP contribution in [-0.2, 0) is 9.59 Å². The molecule has 3 rings (SSSR count). The van der Waals surface area contributed by atoms with Gasteiger partial charge in [0.25, 0.3) is 0 Å². The third kappa shape index (κ3) is 6.44. The first-order valence-electron chi connectivity index (χ1n) is 10.6.